The van der Waals surface area contributed by atoms with E-state index in [1.165, 1.54) is 6.07 Å². The number of hydrogen-bond donors (Lipinski definition) is 2. The largest absolute Gasteiger partial charge is 0.378 e. The predicted octanol–water partition coefficient (Wildman–Crippen LogP) is 1.30. The molecule has 18 heavy (non-hydrogen) atoms. The third-order valence-electron chi connectivity index (χ3n) is 2.97. The summed E-state index contributed by atoms with van der Waals surface area (Å²) in [4.78, 5) is 12.0. The van der Waals surface area contributed by atoms with Crippen LogP contribution in [0.25, 0.3) is 0 Å². The van der Waals surface area contributed by atoms with E-state index in [9.17, 15) is 9.18 Å². The maximum Gasteiger partial charge on any atom is 0.255 e. The highest BCUT2D eigenvalue weighted by Gasteiger charge is 2.29. The lowest BCUT2D eigenvalue weighted by atomic mass is 10.1. The van der Waals surface area contributed by atoms with Crippen molar-refractivity contribution >= 4 is 21.8 Å². The van der Waals surface area contributed by atoms with E-state index in [1.54, 1.807) is 19.2 Å². The van der Waals surface area contributed by atoms with Gasteiger partial charge >= 0.3 is 0 Å². The Labute approximate surface area is 113 Å². The molecule has 1 saturated heterocycles. The minimum atomic E-state index is -0.540. The first-order valence-corrected chi connectivity index (χ1v) is 6.41. The molecule has 1 amide bonds. The van der Waals surface area contributed by atoms with Crippen molar-refractivity contribution in [2.24, 2.45) is 0 Å². The number of methoxy groups -OCH3 is 1. The van der Waals surface area contributed by atoms with Crippen molar-refractivity contribution in [1.82, 2.24) is 10.6 Å². The van der Waals surface area contributed by atoms with Gasteiger partial charge in [0.25, 0.3) is 5.91 Å². The van der Waals surface area contributed by atoms with Crippen molar-refractivity contribution in [3.05, 3.63) is 34.1 Å². The molecule has 0 saturated carbocycles. The SMILES string of the molecule is CO[C@H]1CNC[C@@H]1NC(=O)c1c(F)cccc1Br. The topological polar surface area (TPSA) is 50.4 Å². The number of benzene rings is 1. The minimum absolute atomic E-state index is 0.0271. The molecule has 0 aliphatic carbocycles. The van der Waals surface area contributed by atoms with E-state index in [0.717, 1.165) is 0 Å². The molecule has 1 aliphatic heterocycles. The van der Waals surface area contributed by atoms with Gasteiger partial charge in [0, 0.05) is 24.7 Å². The normalized spacial score (nSPS) is 23.1. The summed E-state index contributed by atoms with van der Waals surface area (Å²) < 4.78 is 19.3. The predicted molar refractivity (Wildman–Crippen MR) is 69.0 cm³/mol. The summed E-state index contributed by atoms with van der Waals surface area (Å²) in [5.74, 6) is -0.975. The Morgan fingerprint density at radius 3 is 3.00 bits per heavy atom. The highest BCUT2D eigenvalue weighted by Crippen LogP contribution is 2.20. The van der Waals surface area contributed by atoms with E-state index < -0.39 is 11.7 Å². The van der Waals surface area contributed by atoms with E-state index in [2.05, 4.69) is 26.6 Å². The lowest BCUT2D eigenvalue weighted by molar-refractivity contribution is 0.0776. The Kier molecular flexibility index (Phi) is 4.31. The molecule has 1 fully saturated rings. The number of carbonyl (C=O) groups is 1. The standard InChI is InChI=1S/C12H14BrFN2O2/c1-18-10-6-15-5-9(10)16-12(17)11-7(13)3-2-4-8(11)14/h2-4,9-10,15H,5-6H2,1H3,(H,16,17)/t9-,10-/m0/s1. The minimum Gasteiger partial charge on any atom is -0.378 e. The zero-order valence-corrected chi connectivity index (χ0v) is 11.5. The summed E-state index contributed by atoms with van der Waals surface area (Å²) in [6.07, 6.45) is -0.0838. The molecule has 0 unspecified atom stereocenters. The average molecular weight is 317 g/mol. The van der Waals surface area contributed by atoms with Crippen LogP contribution >= 0.6 is 15.9 Å². The van der Waals surface area contributed by atoms with Gasteiger partial charge in [-0.1, -0.05) is 6.07 Å². The third kappa shape index (κ3) is 2.71. The van der Waals surface area contributed by atoms with Crippen LogP contribution in [0.1, 0.15) is 10.4 Å². The molecule has 0 spiro atoms. The Balaban J connectivity index is 2.12. The molecule has 2 N–H and O–H groups in total. The monoisotopic (exact) mass is 316 g/mol. The quantitative estimate of drug-likeness (QED) is 0.884. The molecule has 0 radical (unpaired) electrons. The highest BCUT2D eigenvalue weighted by molar-refractivity contribution is 9.10. The molecular formula is C12H14BrFN2O2. The molecule has 1 aliphatic rings. The van der Waals surface area contributed by atoms with Crippen LogP contribution in [-0.4, -0.2) is 38.3 Å². The Bertz CT molecular complexity index is 435. The summed E-state index contributed by atoms with van der Waals surface area (Å²) in [6, 6.07) is 4.30. The van der Waals surface area contributed by atoms with Gasteiger partial charge in [-0.3, -0.25) is 4.79 Å². The van der Waals surface area contributed by atoms with Crippen LogP contribution in [-0.2, 0) is 4.74 Å². The number of nitrogens with one attached hydrogen (secondary N) is 2. The Hall–Kier alpha value is -0.980. The van der Waals surface area contributed by atoms with Crippen LogP contribution < -0.4 is 10.6 Å². The number of halogens is 2. The maximum absolute atomic E-state index is 13.6. The van der Waals surface area contributed by atoms with Crippen LogP contribution in [0.15, 0.2) is 22.7 Å². The van der Waals surface area contributed by atoms with Gasteiger partial charge < -0.3 is 15.4 Å². The first kappa shape index (κ1) is 13.5. The van der Waals surface area contributed by atoms with Crippen molar-refractivity contribution in [2.45, 2.75) is 12.1 Å². The van der Waals surface area contributed by atoms with Gasteiger partial charge in [-0.05, 0) is 28.1 Å². The zero-order valence-electron chi connectivity index (χ0n) is 9.87. The van der Waals surface area contributed by atoms with Crippen molar-refractivity contribution in [1.29, 1.82) is 0 Å². The lowest BCUT2D eigenvalue weighted by Crippen LogP contribution is -2.43. The Morgan fingerprint density at radius 2 is 2.33 bits per heavy atom. The lowest BCUT2D eigenvalue weighted by Gasteiger charge is -2.19. The molecule has 6 heteroatoms. The summed E-state index contributed by atoms with van der Waals surface area (Å²) >= 11 is 3.18. The zero-order chi connectivity index (χ0) is 13.1. The van der Waals surface area contributed by atoms with Gasteiger partial charge in [-0.2, -0.15) is 0 Å². The maximum atomic E-state index is 13.6. The first-order valence-electron chi connectivity index (χ1n) is 5.62. The van der Waals surface area contributed by atoms with Crippen molar-refractivity contribution in [2.75, 3.05) is 20.2 Å². The number of ether oxygens (including phenoxy) is 1. The summed E-state index contributed by atoms with van der Waals surface area (Å²) in [7, 11) is 1.59. The van der Waals surface area contributed by atoms with Crippen LogP contribution in [0.4, 0.5) is 4.39 Å². The van der Waals surface area contributed by atoms with E-state index in [1.807, 2.05) is 0 Å². The van der Waals surface area contributed by atoms with Crippen molar-refractivity contribution in [3.63, 3.8) is 0 Å². The molecule has 0 aromatic heterocycles. The van der Waals surface area contributed by atoms with Crippen molar-refractivity contribution < 1.29 is 13.9 Å². The summed E-state index contributed by atoms with van der Waals surface area (Å²) in [5.41, 5.74) is 0.0271. The number of carbonyl (C=O) groups excluding carboxylic acids is 1. The molecule has 4 nitrogen and oxygen atoms in total. The molecule has 98 valence electrons. The molecule has 1 aromatic rings. The summed E-state index contributed by atoms with van der Waals surface area (Å²) in [6.45, 7) is 1.30. The summed E-state index contributed by atoms with van der Waals surface area (Å²) in [5, 5.41) is 5.90. The molecule has 0 bridgehead atoms. The fourth-order valence-electron chi connectivity index (χ4n) is 2.00. The van der Waals surface area contributed by atoms with Crippen LogP contribution in [0, 0.1) is 5.82 Å². The van der Waals surface area contributed by atoms with Gasteiger partial charge in [-0.25, -0.2) is 4.39 Å². The first-order chi connectivity index (χ1) is 8.63. The van der Waals surface area contributed by atoms with Crippen LogP contribution in [0.2, 0.25) is 0 Å². The fraction of sp³-hybridized carbons (Fsp3) is 0.417. The van der Waals surface area contributed by atoms with E-state index in [0.29, 0.717) is 17.6 Å². The van der Waals surface area contributed by atoms with Gasteiger partial charge in [-0.15, -0.1) is 0 Å². The molecular weight excluding hydrogens is 303 g/mol. The second kappa shape index (κ2) is 5.77. The van der Waals surface area contributed by atoms with E-state index >= 15 is 0 Å². The molecule has 1 heterocycles. The van der Waals surface area contributed by atoms with Crippen molar-refractivity contribution in [3.8, 4) is 0 Å². The van der Waals surface area contributed by atoms with Crippen LogP contribution in [0.3, 0.4) is 0 Å². The fourth-order valence-corrected chi connectivity index (χ4v) is 2.52. The second-order valence-corrected chi connectivity index (χ2v) is 4.96. The van der Waals surface area contributed by atoms with E-state index in [4.69, 9.17) is 4.74 Å². The van der Waals surface area contributed by atoms with Gasteiger partial charge in [0.15, 0.2) is 0 Å². The smallest absolute Gasteiger partial charge is 0.255 e. The molecule has 2 atom stereocenters. The highest BCUT2D eigenvalue weighted by atomic mass is 79.9. The van der Waals surface area contributed by atoms with Gasteiger partial charge in [0.05, 0.1) is 17.7 Å². The second-order valence-electron chi connectivity index (χ2n) is 4.11. The third-order valence-corrected chi connectivity index (χ3v) is 3.63. The number of hydrogen-bond acceptors (Lipinski definition) is 3. The van der Waals surface area contributed by atoms with Crippen LogP contribution in [0.5, 0.6) is 0 Å². The molecule has 2 rings (SSSR count). The average Bonchev–Trinajstić information content (AvgIpc) is 2.76. The number of amides is 1. The van der Waals surface area contributed by atoms with Gasteiger partial charge in [0.1, 0.15) is 5.82 Å². The number of rotatable bonds is 3. The molecule has 1 aromatic carbocycles. The van der Waals surface area contributed by atoms with E-state index in [-0.39, 0.29) is 17.7 Å². The van der Waals surface area contributed by atoms with Gasteiger partial charge in [0.2, 0.25) is 0 Å². The Morgan fingerprint density at radius 1 is 1.56 bits per heavy atom.